The molecule has 4 N–H and O–H groups in total. The highest BCUT2D eigenvalue weighted by Crippen LogP contribution is 2.49. The van der Waals surface area contributed by atoms with Gasteiger partial charge in [0.1, 0.15) is 29.7 Å². The van der Waals surface area contributed by atoms with Crippen molar-refractivity contribution in [3.8, 4) is 11.8 Å². The van der Waals surface area contributed by atoms with Crippen molar-refractivity contribution in [2.24, 2.45) is 0 Å². The van der Waals surface area contributed by atoms with E-state index in [0.717, 1.165) is 11.3 Å². The van der Waals surface area contributed by atoms with Gasteiger partial charge in [-0.25, -0.2) is 0 Å². The Balaban J connectivity index is 1.73. The lowest BCUT2D eigenvalue weighted by molar-refractivity contribution is -0.329. The molecule has 2 aliphatic rings. The Labute approximate surface area is 173 Å². The van der Waals surface area contributed by atoms with E-state index in [1.165, 1.54) is 0 Å². The number of rotatable bonds is 5. The van der Waals surface area contributed by atoms with E-state index in [2.05, 4.69) is 6.07 Å². The fourth-order valence-electron chi connectivity index (χ4n) is 4.10. The summed E-state index contributed by atoms with van der Waals surface area (Å²) < 4.78 is 16.8. The average molecular weight is 413 g/mol. The van der Waals surface area contributed by atoms with Crippen molar-refractivity contribution in [1.29, 1.82) is 5.26 Å². The topological polar surface area (TPSA) is 132 Å². The zero-order valence-corrected chi connectivity index (χ0v) is 16.4. The normalized spacial score (nSPS) is 32.6. The van der Waals surface area contributed by atoms with Gasteiger partial charge < -0.3 is 34.6 Å². The van der Waals surface area contributed by atoms with Crippen LogP contribution in [0, 0.1) is 11.3 Å². The molecule has 158 valence electrons. The van der Waals surface area contributed by atoms with Gasteiger partial charge in [-0.15, -0.1) is 0 Å². The van der Waals surface area contributed by atoms with Gasteiger partial charge in [0.25, 0.3) is 0 Å². The van der Waals surface area contributed by atoms with Crippen LogP contribution in [0.4, 0.5) is 0 Å². The van der Waals surface area contributed by atoms with E-state index in [1.54, 1.807) is 25.3 Å². The van der Waals surface area contributed by atoms with Crippen molar-refractivity contribution >= 4 is 0 Å². The number of methoxy groups -OCH3 is 1. The van der Waals surface area contributed by atoms with E-state index in [4.69, 9.17) is 14.2 Å². The molecule has 2 heterocycles. The highest BCUT2D eigenvalue weighted by atomic mass is 16.8. The van der Waals surface area contributed by atoms with Gasteiger partial charge in [-0.1, -0.05) is 18.2 Å². The van der Waals surface area contributed by atoms with E-state index in [-0.39, 0.29) is 6.61 Å². The Morgan fingerprint density at radius 3 is 2.50 bits per heavy atom. The van der Waals surface area contributed by atoms with Crippen molar-refractivity contribution in [3.05, 3.63) is 64.7 Å². The highest BCUT2D eigenvalue weighted by Gasteiger charge is 2.67. The molecule has 0 saturated carbocycles. The van der Waals surface area contributed by atoms with Crippen LogP contribution in [0.5, 0.6) is 5.75 Å². The molecule has 0 unspecified atom stereocenters. The molecule has 0 aliphatic carbocycles. The van der Waals surface area contributed by atoms with Crippen molar-refractivity contribution in [2.75, 3.05) is 20.3 Å². The van der Waals surface area contributed by atoms with Gasteiger partial charge in [-0.05, 0) is 41.8 Å². The number of ether oxygens (including phenoxy) is 3. The highest BCUT2D eigenvalue weighted by molar-refractivity contribution is 5.45. The van der Waals surface area contributed by atoms with Crippen LogP contribution in [0.1, 0.15) is 22.3 Å². The Morgan fingerprint density at radius 2 is 1.87 bits per heavy atom. The van der Waals surface area contributed by atoms with Crippen LogP contribution in [0.2, 0.25) is 0 Å². The maximum absolute atomic E-state index is 10.7. The monoisotopic (exact) mass is 413 g/mol. The molecule has 2 saturated heterocycles. The van der Waals surface area contributed by atoms with Crippen LogP contribution in [0.3, 0.4) is 0 Å². The van der Waals surface area contributed by atoms with Crippen LogP contribution in [-0.2, 0) is 21.7 Å². The predicted molar refractivity (Wildman–Crippen MR) is 104 cm³/mol. The molecular formula is C22H23NO7. The molecule has 30 heavy (non-hydrogen) atoms. The van der Waals surface area contributed by atoms with E-state index >= 15 is 0 Å². The molecule has 0 spiro atoms. The molecule has 4 rings (SSSR count). The lowest BCUT2D eigenvalue weighted by Gasteiger charge is -2.46. The van der Waals surface area contributed by atoms with Crippen LogP contribution < -0.4 is 4.74 Å². The zero-order chi connectivity index (χ0) is 21.5. The minimum Gasteiger partial charge on any atom is -0.497 e. The smallest absolute Gasteiger partial charge is 0.225 e. The maximum Gasteiger partial charge on any atom is 0.225 e. The van der Waals surface area contributed by atoms with Gasteiger partial charge in [-0.2, -0.15) is 5.26 Å². The van der Waals surface area contributed by atoms with Gasteiger partial charge in [-0.3, -0.25) is 0 Å². The first-order chi connectivity index (χ1) is 14.4. The number of benzene rings is 2. The summed E-state index contributed by atoms with van der Waals surface area (Å²) >= 11 is 0. The van der Waals surface area contributed by atoms with Crippen molar-refractivity contribution in [2.45, 2.75) is 36.1 Å². The summed E-state index contributed by atoms with van der Waals surface area (Å²) in [5.41, 5.74) is 0.917. The summed E-state index contributed by atoms with van der Waals surface area (Å²) in [5.74, 6) is -1.04. The fraction of sp³-hybridized carbons (Fsp3) is 0.409. The van der Waals surface area contributed by atoms with E-state index in [9.17, 15) is 25.7 Å². The maximum atomic E-state index is 10.7. The predicted octanol–water partition coefficient (Wildman–Crippen LogP) is 0.185. The third-order valence-corrected chi connectivity index (χ3v) is 5.91. The molecule has 2 aromatic carbocycles. The quantitative estimate of drug-likeness (QED) is 0.546. The lowest BCUT2D eigenvalue weighted by atomic mass is 9.83. The Kier molecular flexibility index (Phi) is 5.28. The number of nitriles is 1. The molecule has 0 aromatic heterocycles. The Hall–Kier alpha value is -2.51. The Morgan fingerprint density at radius 1 is 1.13 bits per heavy atom. The minimum atomic E-state index is -1.76. The second-order valence-electron chi connectivity index (χ2n) is 7.67. The first-order valence-electron chi connectivity index (χ1n) is 9.55. The summed E-state index contributed by atoms with van der Waals surface area (Å²) in [7, 11) is 1.58. The molecule has 2 fully saturated rings. The second kappa shape index (κ2) is 7.63. The largest absolute Gasteiger partial charge is 0.497 e. The van der Waals surface area contributed by atoms with Gasteiger partial charge in [0.15, 0.2) is 0 Å². The lowest BCUT2D eigenvalue weighted by Crippen LogP contribution is -2.65. The van der Waals surface area contributed by atoms with Crippen LogP contribution in [-0.4, -0.2) is 64.7 Å². The van der Waals surface area contributed by atoms with Crippen LogP contribution in [0.15, 0.2) is 42.5 Å². The molecule has 0 amide bonds. The van der Waals surface area contributed by atoms with Crippen molar-refractivity contribution in [3.63, 3.8) is 0 Å². The molecular weight excluding hydrogens is 390 g/mol. The number of hydrogen-bond donors (Lipinski definition) is 4. The van der Waals surface area contributed by atoms with Gasteiger partial charge >= 0.3 is 0 Å². The molecule has 2 bridgehead atoms. The third kappa shape index (κ3) is 3.08. The fourth-order valence-corrected chi connectivity index (χ4v) is 4.10. The van der Waals surface area contributed by atoms with Gasteiger partial charge in [0, 0.05) is 5.56 Å². The standard InChI is InChI=1S/C22H23NO7/c1-28-17-6-2-13(3-7-17)8-15-9-16(5-4-14(15)10-23)22-20(27)18(25)19(26)21(11-24,30-22)12-29-22/h2-7,9,18-20,24-27H,8,11-12H2,1H3/t18-,19-,20-,21-,22+/m0/s1. The molecule has 5 atom stereocenters. The molecule has 0 radical (unpaired) electrons. The van der Waals surface area contributed by atoms with Gasteiger partial charge in [0.05, 0.1) is 32.0 Å². The third-order valence-electron chi connectivity index (χ3n) is 5.91. The number of fused-ring (bicyclic) bond motifs is 2. The SMILES string of the molecule is COc1ccc(Cc2cc([C@@]34OC[C@](CO)(O3)[C@@H](O)[C@H](O)[C@@H]4O)ccc2C#N)cc1. The summed E-state index contributed by atoms with van der Waals surface area (Å²) in [4.78, 5) is 0. The number of hydrogen-bond acceptors (Lipinski definition) is 8. The summed E-state index contributed by atoms with van der Waals surface area (Å²) in [6, 6.07) is 14.4. The first kappa shape index (κ1) is 20.8. The van der Waals surface area contributed by atoms with Crippen LogP contribution in [0.25, 0.3) is 0 Å². The van der Waals surface area contributed by atoms with E-state index < -0.39 is 36.3 Å². The van der Waals surface area contributed by atoms with Crippen molar-refractivity contribution < 1.29 is 34.6 Å². The molecule has 2 aliphatic heterocycles. The molecule has 2 aromatic rings. The summed E-state index contributed by atoms with van der Waals surface area (Å²) in [6.07, 6.45) is -4.24. The Bertz CT molecular complexity index is 972. The first-order valence-corrected chi connectivity index (χ1v) is 9.55. The summed E-state index contributed by atoms with van der Waals surface area (Å²) in [5, 5.41) is 50.7. The summed E-state index contributed by atoms with van der Waals surface area (Å²) in [6.45, 7) is -0.790. The minimum absolute atomic E-state index is 0.202. The molecule has 8 nitrogen and oxygen atoms in total. The number of aliphatic hydroxyl groups excluding tert-OH is 4. The van der Waals surface area contributed by atoms with E-state index in [1.807, 2.05) is 24.3 Å². The number of aliphatic hydroxyl groups is 4. The average Bonchev–Trinajstić information content (AvgIpc) is 3.17. The van der Waals surface area contributed by atoms with Gasteiger partial charge in [0.2, 0.25) is 5.79 Å². The number of nitrogens with zero attached hydrogens (tertiary/aromatic N) is 1. The van der Waals surface area contributed by atoms with E-state index in [0.29, 0.717) is 23.1 Å². The molecule has 8 heteroatoms. The van der Waals surface area contributed by atoms with Crippen LogP contribution >= 0.6 is 0 Å². The van der Waals surface area contributed by atoms with Crippen molar-refractivity contribution in [1.82, 2.24) is 0 Å². The zero-order valence-electron chi connectivity index (χ0n) is 16.4. The second-order valence-corrected chi connectivity index (χ2v) is 7.67.